The van der Waals surface area contributed by atoms with Crippen molar-refractivity contribution in [1.82, 2.24) is 15.0 Å². The van der Waals surface area contributed by atoms with E-state index in [1.165, 1.54) is 38.4 Å². The largest absolute Gasteiger partial charge is 0.454 e. The summed E-state index contributed by atoms with van der Waals surface area (Å²) in [5, 5.41) is 6.76. The standard InChI is InChI=1S/C9H7N.2C9H8.C8H6N2.C6H4OS/c1-2-4-9-7-10-6-5-8(9)3-1;2*1-2-5-9-7-3-6-8(9)4-1;1-2-4-8-7(3-1)5-9-6-10-8;1-3-7-6-5(1)2-4-8-6/h1-7H;2*1-6H,7H2;1-6H;1-4H. The molecule has 0 aliphatic heterocycles. The highest BCUT2D eigenvalue weighted by atomic mass is 32.1. The van der Waals surface area contributed by atoms with Crippen LogP contribution in [0, 0.1) is 0 Å². The van der Waals surface area contributed by atoms with Gasteiger partial charge in [0.05, 0.1) is 11.8 Å². The van der Waals surface area contributed by atoms with E-state index in [0.717, 1.165) is 28.6 Å². The van der Waals surface area contributed by atoms with Gasteiger partial charge in [0.25, 0.3) is 0 Å². The van der Waals surface area contributed by atoms with Crippen molar-refractivity contribution in [3.05, 3.63) is 186 Å². The molecule has 0 spiro atoms. The van der Waals surface area contributed by atoms with Crippen LogP contribution < -0.4 is 0 Å². The molecule has 0 N–H and O–H groups in total. The van der Waals surface area contributed by atoms with Crippen LogP contribution in [0.5, 0.6) is 0 Å². The number of aromatic nitrogens is 3. The van der Waals surface area contributed by atoms with Crippen molar-refractivity contribution >= 4 is 55.4 Å². The van der Waals surface area contributed by atoms with E-state index in [1.54, 1.807) is 23.9 Å². The molecule has 8 aromatic rings. The van der Waals surface area contributed by atoms with E-state index in [-0.39, 0.29) is 0 Å². The van der Waals surface area contributed by atoms with Crippen LogP contribution in [0.2, 0.25) is 0 Å². The lowest BCUT2D eigenvalue weighted by atomic mass is 10.1. The fraction of sp³-hybridized carbons (Fsp3) is 0.0488. The molecule has 0 radical (unpaired) electrons. The maximum atomic E-state index is 5.08. The molecule has 0 fully saturated rings. The number of hydrogen-bond acceptors (Lipinski definition) is 5. The highest BCUT2D eigenvalue weighted by Crippen LogP contribution is 2.21. The van der Waals surface area contributed by atoms with E-state index in [9.17, 15) is 0 Å². The third kappa shape index (κ3) is 8.29. The molecule has 0 bridgehead atoms. The Morgan fingerprint density at radius 1 is 0.543 bits per heavy atom. The zero-order valence-electron chi connectivity index (χ0n) is 25.3. The molecular formula is C41H33N3OS. The summed E-state index contributed by atoms with van der Waals surface area (Å²) >= 11 is 1.63. The SMILES string of the molecule is C1=Cc2ccccc2C1.C1=Cc2ccccc2C1.c1cc2ccsc2o1.c1ccc2cnccc2c1.c1ccc2ncncc2c1. The third-order valence-electron chi connectivity index (χ3n) is 7.43. The summed E-state index contributed by atoms with van der Waals surface area (Å²) in [5.41, 5.74) is 6.68. The number of thiophene rings is 1. The van der Waals surface area contributed by atoms with Crippen molar-refractivity contribution in [3.63, 3.8) is 0 Å². The van der Waals surface area contributed by atoms with Crippen LogP contribution in [-0.4, -0.2) is 15.0 Å². The average molecular weight is 616 g/mol. The lowest BCUT2D eigenvalue weighted by Gasteiger charge is -1.93. The number of allylic oxidation sites excluding steroid dienone is 2. The van der Waals surface area contributed by atoms with Crippen molar-refractivity contribution in [2.45, 2.75) is 12.8 Å². The molecule has 10 rings (SSSR count). The van der Waals surface area contributed by atoms with E-state index in [0.29, 0.717) is 0 Å². The lowest BCUT2D eigenvalue weighted by molar-refractivity contribution is 0.624. The van der Waals surface area contributed by atoms with Gasteiger partial charge in [0.1, 0.15) is 6.33 Å². The van der Waals surface area contributed by atoms with Gasteiger partial charge in [0.2, 0.25) is 0 Å². The lowest BCUT2D eigenvalue weighted by Crippen LogP contribution is -1.77. The summed E-state index contributed by atoms with van der Waals surface area (Å²) in [4.78, 5) is 13.0. The maximum absolute atomic E-state index is 5.08. The first-order chi connectivity index (χ1) is 22.8. The molecule has 4 aromatic heterocycles. The number of para-hydroxylation sites is 1. The summed E-state index contributed by atoms with van der Waals surface area (Å²) in [7, 11) is 0. The maximum Gasteiger partial charge on any atom is 0.187 e. The molecule has 224 valence electrons. The number of benzene rings is 4. The number of nitrogens with zero attached hydrogens (tertiary/aromatic N) is 3. The number of hydrogen-bond donors (Lipinski definition) is 0. The molecule has 0 saturated heterocycles. The van der Waals surface area contributed by atoms with Gasteiger partial charge in [0.15, 0.2) is 4.90 Å². The zero-order valence-corrected chi connectivity index (χ0v) is 26.1. The zero-order chi connectivity index (χ0) is 31.2. The van der Waals surface area contributed by atoms with Gasteiger partial charge in [-0.05, 0) is 75.5 Å². The van der Waals surface area contributed by atoms with Crippen LogP contribution in [0.4, 0.5) is 0 Å². The molecule has 0 atom stereocenters. The van der Waals surface area contributed by atoms with Gasteiger partial charge in [-0.2, -0.15) is 0 Å². The Balaban J connectivity index is 0.000000101. The Morgan fingerprint density at radius 3 is 1.85 bits per heavy atom. The Labute approximate surface area is 273 Å². The second-order valence-corrected chi connectivity index (χ2v) is 11.4. The number of furan rings is 1. The van der Waals surface area contributed by atoms with Gasteiger partial charge >= 0.3 is 0 Å². The average Bonchev–Trinajstić information content (AvgIpc) is 3.95. The topological polar surface area (TPSA) is 51.8 Å². The molecule has 2 aliphatic carbocycles. The molecular weight excluding hydrogens is 583 g/mol. The summed E-state index contributed by atoms with van der Waals surface area (Å²) < 4.78 is 5.08. The van der Waals surface area contributed by atoms with Crippen LogP contribution in [0.15, 0.2) is 168 Å². The van der Waals surface area contributed by atoms with E-state index in [1.807, 2.05) is 78.6 Å². The van der Waals surface area contributed by atoms with E-state index in [4.69, 9.17) is 4.42 Å². The fourth-order valence-corrected chi connectivity index (χ4v) is 5.76. The molecule has 4 aromatic carbocycles. The Morgan fingerprint density at radius 2 is 1.17 bits per heavy atom. The summed E-state index contributed by atoms with van der Waals surface area (Å²) in [6.45, 7) is 0. The normalized spacial score (nSPS) is 11.6. The van der Waals surface area contributed by atoms with Crippen LogP contribution in [0.1, 0.15) is 22.3 Å². The predicted molar refractivity (Wildman–Crippen MR) is 194 cm³/mol. The molecule has 0 saturated carbocycles. The first-order valence-corrected chi connectivity index (χ1v) is 16.0. The van der Waals surface area contributed by atoms with Crippen LogP contribution in [0.3, 0.4) is 0 Å². The Kier molecular flexibility index (Phi) is 10.5. The van der Waals surface area contributed by atoms with Gasteiger partial charge in [-0.25, -0.2) is 9.97 Å². The van der Waals surface area contributed by atoms with Gasteiger partial charge in [-0.3, -0.25) is 4.98 Å². The molecule has 5 heteroatoms. The van der Waals surface area contributed by atoms with Gasteiger partial charge < -0.3 is 4.42 Å². The Bertz CT molecular complexity index is 1890. The molecule has 4 heterocycles. The molecule has 4 nitrogen and oxygen atoms in total. The molecule has 2 aliphatic rings. The summed E-state index contributed by atoms with van der Waals surface area (Å²) in [5.74, 6) is 0. The highest BCUT2D eigenvalue weighted by Gasteiger charge is 2.01. The van der Waals surface area contributed by atoms with E-state index < -0.39 is 0 Å². The first kappa shape index (κ1) is 30.4. The van der Waals surface area contributed by atoms with E-state index >= 15 is 0 Å². The van der Waals surface area contributed by atoms with Crippen molar-refractivity contribution < 1.29 is 4.42 Å². The van der Waals surface area contributed by atoms with Gasteiger partial charge in [0, 0.05) is 29.4 Å². The quantitative estimate of drug-likeness (QED) is 0.170. The van der Waals surface area contributed by atoms with Gasteiger partial charge in [-0.1, -0.05) is 115 Å². The molecule has 0 amide bonds. The van der Waals surface area contributed by atoms with Crippen molar-refractivity contribution in [1.29, 1.82) is 0 Å². The van der Waals surface area contributed by atoms with Gasteiger partial charge in [-0.15, -0.1) is 11.3 Å². The number of rotatable bonds is 0. The minimum absolute atomic E-state index is 0.998. The molecule has 0 unspecified atom stereocenters. The third-order valence-corrected chi connectivity index (χ3v) is 8.24. The molecule has 46 heavy (non-hydrogen) atoms. The fourth-order valence-electron chi connectivity index (χ4n) is 5.04. The monoisotopic (exact) mass is 615 g/mol. The second-order valence-electron chi connectivity index (χ2n) is 10.5. The predicted octanol–water partition coefficient (Wildman–Crippen LogP) is 10.9. The van der Waals surface area contributed by atoms with Crippen LogP contribution in [0.25, 0.3) is 44.1 Å². The second kappa shape index (κ2) is 15.9. The Hall–Kier alpha value is -5.65. The smallest absolute Gasteiger partial charge is 0.187 e. The highest BCUT2D eigenvalue weighted by molar-refractivity contribution is 7.16. The summed E-state index contributed by atoms with van der Waals surface area (Å²) in [6.07, 6.45) is 19.7. The van der Waals surface area contributed by atoms with E-state index in [2.05, 4.69) is 99.9 Å². The number of fused-ring (bicyclic) bond motifs is 5. The first-order valence-electron chi connectivity index (χ1n) is 15.2. The van der Waals surface area contributed by atoms with Crippen molar-refractivity contribution in [2.24, 2.45) is 0 Å². The number of pyridine rings is 1. The van der Waals surface area contributed by atoms with Crippen LogP contribution >= 0.6 is 11.3 Å². The van der Waals surface area contributed by atoms with Crippen LogP contribution in [-0.2, 0) is 12.8 Å². The van der Waals surface area contributed by atoms with Crippen molar-refractivity contribution in [3.8, 4) is 0 Å². The minimum atomic E-state index is 0.998. The summed E-state index contributed by atoms with van der Waals surface area (Å²) in [6, 6.07) is 39.1. The van der Waals surface area contributed by atoms with Crippen molar-refractivity contribution in [2.75, 3.05) is 0 Å². The minimum Gasteiger partial charge on any atom is -0.454 e.